The van der Waals surface area contributed by atoms with Crippen LogP contribution in [-0.2, 0) is 0 Å². The van der Waals surface area contributed by atoms with Crippen LogP contribution in [0.4, 0.5) is 0 Å². The molecule has 0 aromatic carbocycles. The highest BCUT2D eigenvalue weighted by atomic mass is 14.9. The molecule has 0 heterocycles. The standard InChI is InChI=1S/C13H24N2/c1-11-5-6-12(9-11)15-10-13(2,3)7-4-8-14/h11-12,15H,4-7,9-10H2,1-3H3. The normalized spacial score (nSPS) is 26.5. The van der Waals surface area contributed by atoms with E-state index >= 15 is 0 Å². The monoisotopic (exact) mass is 208 g/mol. The average molecular weight is 208 g/mol. The molecule has 1 rings (SSSR count). The molecule has 0 bridgehead atoms. The zero-order valence-corrected chi connectivity index (χ0v) is 10.3. The summed E-state index contributed by atoms with van der Waals surface area (Å²) >= 11 is 0. The first-order valence-corrected chi connectivity index (χ1v) is 6.14. The molecule has 2 nitrogen and oxygen atoms in total. The second-order valence-electron chi connectivity index (χ2n) is 5.82. The number of rotatable bonds is 5. The molecule has 1 aliphatic carbocycles. The molecule has 2 atom stereocenters. The van der Waals surface area contributed by atoms with Gasteiger partial charge in [-0.2, -0.15) is 5.26 Å². The van der Waals surface area contributed by atoms with Gasteiger partial charge in [0.1, 0.15) is 0 Å². The van der Waals surface area contributed by atoms with E-state index in [0.29, 0.717) is 6.42 Å². The average Bonchev–Trinajstić information content (AvgIpc) is 2.59. The highest BCUT2D eigenvalue weighted by Gasteiger charge is 2.24. The van der Waals surface area contributed by atoms with Gasteiger partial charge in [0, 0.05) is 19.0 Å². The fraction of sp³-hybridized carbons (Fsp3) is 0.923. The highest BCUT2D eigenvalue weighted by molar-refractivity contribution is 4.83. The lowest BCUT2D eigenvalue weighted by atomic mass is 9.87. The Bertz CT molecular complexity index is 227. The van der Waals surface area contributed by atoms with Gasteiger partial charge < -0.3 is 5.32 Å². The summed E-state index contributed by atoms with van der Waals surface area (Å²) in [6, 6.07) is 2.95. The van der Waals surface area contributed by atoms with Crippen molar-refractivity contribution in [2.75, 3.05) is 6.54 Å². The molecule has 0 aromatic rings. The van der Waals surface area contributed by atoms with Gasteiger partial charge >= 0.3 is 0 Å². The Morgan fingerprint density at radius 3 is 2.67 bits per heavy atom. The molecule has 1 aliphatic rings. The summed E-state index contributed by atoms with van der Waals surface area (Å²) in [4.78, 5) is 0. The summed E-state index contributed by atoms with van der Waals surface area (Å²) in [6.45, 7) is 7.88. The Kier molecular flexibility index (Phi) is 4.60. The van der Waals surface area contributed by atoms with E-state index in [-0.39, 0.29) is 5.41 Å². The molecule has 1 saturated carbocycles. The van der Waals surface area contributed by atoms with Crippen molar-refractivity contribution in [2.24, 2.45) is 11.3 Å². The van der Waals surface area contributed by atoms with E-state index in [1.165, 1.54) is 19.3 Å². The van der Waals surface area contributed by atoms with Gasteiger partial charge in [0.2, 0.25) is 0 Å². The first-order chi connectivity index (χ1) is 7.03. The molecule has 0 aliphatic heterocycles. The first kappa shape index (κ1) is 12.5. The predicted octanol–water partition coefficient (Wildman–Crippen LogP) is 3.09. The number of nitriles is 1. The van der Waals surface area contributed by atoms with Gasteiger partial charge in [-0.15, -0.1) is 0 Å². The molecular formula is C13H24N2. The van der Waals surface area contributed by atoms with Gasteiger partial charge in [-0.25, -0.2) is 0 Å². The molecule has 1 N–H and O–H groups in total. The Labute approximate surface area is 94.1 Å². The lowest BCUT2D eigenvalue weighted by molar-refractivity contribution is 0.298. The van der Waals surface area contributed by atoms with Crippen molar-refractivity contribution >= 4 is 0 Å². The predicted molar refractivity (Wildman–Crippen MR) is 63.4 cm³/mol. The molecule has 0 saturated heterocycles. The maximum absolute atomic E-state index is 8.57. The molecular weight excluding hydrogens is 184 g/mol. The van der Waals surface area contributed by atoms with E-state index < -0.39 is 0 Å². The van der Waals surface area contributed by atoms with Crippen molar-refractivity contribution in [3.8, 4) is 6.07 Å². The van der Waals surface area contributed by atoms with E-state index in [2.05, 4.69) is 32.2 Å². The van der Waals surface area contributed by atoms with E-state index in [1.807, 2.05) is 0 Å². The van der Waals surface area contributed by atoms with Gasteiger partial charge in [-0.05, 0) is 37.0 Å². The second-order valence-corrected chi connectivity index (χ2v) is 5.82. The van der Waals surface area contributed by atoms with E-state index in [1.54, 1.807) is 0 Å². The minimum Gasteiger partial charge on any atom is -0.313 e. The maximum atomic E-state index is 8.57. The third kappa shape index (κ3) is 4.66. The fourth-order valence-electron chi connectivity index (χ4n) is 2.30. The lowest BCUT2D eigenvalue weighted by Crippen LogP contribution is -2.35. The van der Waals surface area contributed by atoms with Crippen LogP contribution in [-0.4, -0.2) is 12.6 Å². The van der Waals surface area contributed by atoms with Gasteiger partial charge in [0.15, 0.2) is 0 Å². The zero-order chi connectivity index (χ0) is 11.3. The van der Waals surface area contributed by atoms with Crippen LogP contribution in [0.2, 0.25) is 0 Å². The molecule has 0 spiro atoms. The summed E-state index contributed by atoms with van der Waals surface area (Å²) in [6.07, 6.45) is 5.70. The van der Waals surface area contributed by atoms with Crippen LogP contribution >= 0.6 is 0 Å². The van der Waals surface area contributed by atoms with Crippen LogP contribution in [0, 0.1) is 22.7 Å². The van der Waals surface area contributed by atoms with Crippen molar-refractivity contribution in [1.82, 2.24) is 5.32 Å². The van der Waals surface area contributed by atoms with Crippen LogP contribution < -0.4 is 5.32 Å². The molecule has 15 heavy (non-hydrogen) atoms. The quantitative estimate of drug-likeness (QED) is 0.753. The smallest absolute Gasteiger partial charge is 0.0621 e. The molecule has 86 valence electrons. The van der Waals surface area contributed by atoms with Crippen LogP contribution in [0.15, 0.2) is 0 Å². The molecule has 0 radical (unpaired) electrons. The summed E-state index contributed by atoms with van der Waals surface area (Å²) in [5, 5.41) is 12.2. The zero-order valence-electron chi connectivity index (χ0n) is 10.3. The van der Waals surface area contributed by atoms with Crippen molar-refractivity contribution in [3.05, 3.63) is 0 Å². The number of hydrogen-bond acceptors (Lipinski definition) is 2. The highest BCUT2D eigenvalue weighted by Crippen LogP contribution is 2.26. The lowest BCUT2D eigenvalue weighted by Gasteiger charge is -2.26. The first-order valence-electron chi connectivity index (χ1n) is 6.14. The van der Waals surface area contributed by atoms with Gasteiger partial charge in [-0.1, -0.05) is 20.8 Å². The molecule has 2 unspecified atom stereocenters. The molecule has 2 heteroatoms. The number of nitrogens with zero attached hydrogens (tertiary/aromatic N) is 1. The van der Waals surface area contributed by atoms with Crippen LogP contribution in [0.5, 0.6) is 0 Å². The summed E-state index contributed by atoms with van der Waals surface area (Å²) < 4.78 is 0. The Balaban J connectivity index is 2.21. The Morgan fingerprint density at radius 1 is 1.40 bits per heavy atom. The van der Waals surface area contributed by atoms with Crippen molar-refractivity contribution < 1.29 is 0 Å². The van der Waals surface area contributed by atoms with Crippen LogP contribution in [0.25, 0.3) is 0 Å². The van der Waals surface area contributed by atoms with Gasteiger partial charge in [0.05, 0.1) is 6.07 Å². The third-order valence-corrected chi connectivity index (χ3v) is 3.48. The Morgan fingerprint density at radius 2 is 2.13 bits per heavy atom. The number of nitrogens with one attached hydrogen (secondary N) is 1. The summed E-state index contributed by atoms with van der Waals surface area (Å²) in [5.41, 5.74) is 0.265. The fourth-order valence-corrected chi connectivity index (χ4v) is 2.30. The SMILES string of the molecule is CC1CCC(NCC(C)(C)CCC#N)C1. The minimum atomic E-state index is 0.265. The van der Waals surface area contributed by atoms with Crippen molar-refractivity contribution in [2.45, 2.75) is 58.9 Å². The van der Waals surface area contributed by atoms with E-state index in [0.717, 1.165) is 24.9 Å². The number of hydrogen-bond donors (Lipinski definition) is 1. The third-order valence-electron chi connectivity index (χ3n) is 3.48. The Hall–Kier alpha value is -0.550. The molecule has 1 fully saturated rings. The van der Waals surface area contributed by atoms with Crippen LogP contribution in [0.1, 0.15) is 52.9 Å². The summed E-state index contributed by atoms with van der Waals surface area (Å²) in [5.74, 6) is 0.893. The summed E-state index contributed by atoms with van der Waals surface area (Å²) in [7, 11) is 0. The largest absolute Gasteiger partial charge is 0.313 e. The minimum absolute atomic E-state index is 0.265. The van der Waals surface area contributed by atoms with Crippen molar-refractivity contribution in [1.29, 1.82) is 5.26 Å². The van der Waals surface area contributed by atoms with Crippen molar-refractivity contribution in [3.63, 3.8) is 0 Å². The van der Waals surface area contributed by atoms with E-state index in [4.69, 9.17) is 5.26 Å². The van der Waals surface area contributed by atoms with Gasteiger partial charge in [0.25, 0.3) is 0 Å². The van der Waals surface area contributed by atoms with Gasteiger partial charge in [-0.3, -0.25) is 0 Å². The maximum Gasteiger partial charge on any atom is 0.0621 e. The molecule has 0 aromatic heterocycles. The second kappa shape index (κ2) is 5.51. The van der Waals surface area contributed by atoms with E-state index in [9.17, 15) is 0 Å². The molecule has 0 amide bonds. The van der Waals surface area contributed by atoms with Crippen LogP contribution in [0.3, 0.4) is 0 Å². The topological polar surface area (TPSA) is 35.8 Å².